The molecule has 1 fully saturated rings. The highest BCUT2D eigenvalue weighted by atomic mass is 35.5. The van der Waals surface area contributed by atoms with Crippen LogP contribution in [0, 0.1) is 0 Å². The minimum atomic E-state index is -0.139. The van der Waals surface area contributed by atoms with Crippen LogP contribution in [0.2, 0.25) is 5.02 Å². The number of aromatic nitrogens is 1. The zero-order valence-electron chi connectivity index (χ0n) is 18.2. The molecule has 0 atom stereocenters. The van der Waals surface area contributed by atoms with Crippen molar-refractivity contribution in [1.29, 1.82) is 0 Å². The molecule has 0 amide bonds. The molecular weight excluding hydrogens is 412 g/mol. The van der Waals surface area contributed by atoms with E-state index in [0.29, 0.717) is 22.8 Å². The maximum Gasteiger partial charge on any atom is 0.231 e. The lowest BCUT2D eigenvalue weighted by molar-refractivity contribution is 0.205. The van der Waals surface area contributed by atoms with Crippen molar-refractivity contribution in [2.45, 2.75) is 25.7 Å². The molecular formula is C25H29ClN2O3. The topological polar surface area (TPSA) is 43.7 Å². The molecule has 3 aromatic rings. The fraction of sp³-hybridized carbons (Fsp3) is 0.400. The number of hydrogen-bond acceptors (Lipinski definition) is 4. The molecule has 1 saturated heterocycles. The average molecular weight is 441 g/mol. The Morgan fingerprint density at radius 2 is 1.77 bits per heavy atom. The van der Waals surface area contributed by atoms with Crippen LogP contribution in [-0.4, -0.2) is 42.8 Å². The average Bonchev–Trinajstić information content (AvgIpc) is 2.80. The molecule has 1 aliphatic heterocycles. The van der Waals surface area contributed by atoms with E-state index in [9.17, 15) is 4.79 Å². The SMILES string of the molecule is COc1c(-c2ccc(OCCCN3CCCCC3)cc2)n(C)c2cc(Cl)ccc2c1=O. The van der Waals surface area contributed by atoms with Crippen molar-refractivity contribution in [2.75, 3.05) is 33.4 Å². The van der Waals surface area contributed by atoms with Crippen molar-refractivity contribution in [3.63, 3.8) is 0 Å². The van der Waals surface area contributed by atoms with E-state index in [2.05, 4.69) is 4.90 Å². The van der Waals surface area contributed by atoms with Gasteiger partial charge < -0.3 is 18.9 Å². The third kappa shape index (κ3) is 4.73. The Balaban J connectivity index is 1.52. The highest BCUT2D eigenvalue weighted by molar-refractivity contribution is 6.31. The normalized spacial score (nSPS) is 14.7. The summed E-state index contributed by atoms with van der Waals surface area (Å²) in [6.07, 6.45) is 5.01. The first-order valence-corrected chi connectivity index (χ1v) is 11.3. The van der Waals surface area contributed by atoms with Gasteiger partial charge in [-0.2, -0.15) is 0 Å². The Bertz CT molecular complexity index is 1100. The van der Waals surface area contributed by atoms with Crippen molar-refractivity contribution < 1.29 is 9.47 Å². The smallest absolute Gasteiger partial charge is 0.231 e. The van der Waals surface area contributed by atoms with Gasteiger partial charge in [0.2, 0.25) is 5.43 Å². The molecule has 164 valence electrons. The molecule has 0 N–H and O–H groups in total. The van der Waals surface area contributed by atoms with Crippen LogP contribution in [0.25, 0.3) is 22.2 Å². The van der Waals surface area contributed by atoms with Gasteiger partial charge in [0, 0.05) is 29.6 Å². The van der Waals surface area contributed by atoms with Crippen molar-refractivity contribution in [2.24, 2.45) is 7.05 Å². The standard InChI is InChI=1S/C25H29ClN2O3/c1-27-22-17-19(26)9-12-21(22)24(29)25(30-2)23(27)18-7-10-20(11-8-18)31-16-6-15-28-13-4-3-5-14-28/h7-12,17H,3-6,13-16H2,1-2H3. The molecule has 0 aliphatic carbocycles. The highest BCUT2D eigenvalue weighted by Crippen LogP contribution is 2.32. The predicted octanol–water partition coefficient (Wildman–Crippen LogP) is 5.12. The molecule has 1 aromatic heterocycles. The molecule has 5 nitrogen and oxygen atoms in total. The summed E-state index contributed by atoms with van der Waals surface area (Å²) in [6, 6.07) is 13.1. The second kappa shape index (κ2) is 9.75. The van der Waals surface area contributed by atoms with E-state index in [-0.39, 0.29) is 5.43 Å². The highest BCUT2D eigenvalue weighted by Gasteiger charge is 2.18. The summed E-state index contributed by atoms with van der Waals surface area (Å²) in [5.41, 5.74) is 2.24. The number of benzene rings is 2. The van der Waals surface area contributed by atoms with Crippen LogP contribution in [-0.2, 0) is 7.05 Å². The van der Waals surface area contributed by atoms with E-state index in [1.165, 1.54) is 39.5 Å². The first-order valence-electron chi connectivity index (χ1n) is 10.9. The molecule has 0 radical (unpaired) electrons. The number of nitrogens with zero attached hydrogens (tertiary/aromatic N) is 2. The van der Waals surface area contributed by atoms with Gasteiger partial charge >= 0.3 is 0 Å². The van der Waals surface area contributed by atoms with Gasteiger partial charge in [0.15, 0.2) is 5.75 Å². The van der Waals surface area contributed by atoms with Crippen molar-refractivity contribution in [3.8, 4) is 22.8 Å². The Labute approximate surface area is 188 Å². The molecule has 2 aromatic carbocycles. The Morgan fingerprint density at radius 1 is 1.03 bits per heavy atom. The summed E-state index contributed by atoms with van der Waals surface area (Å²) in [4.78, 5) is 15.5. The molecule has 6 heteroatoms. The number of aryl methyl sites for hydroxylation is 1. The zero-order valence-corrected chi connectivity index (χ0v) is 19.0. The van der Waals surface area contributed by atoms with E-state index in [4.69, 9.17) is 21.1 Å². The van der Waals surface area contributed by atoms with Gasteiger partial charge in [-0.15, -0.1) is 0 Å². The van der Waals surface area contributed by atoms with E-state index >= 15 is 0 Å². The lowest BCUT2D eigenvalue weighted by Crippen LogP contribution is -2.31. The van der Waals surface area contributed by atoms with Crippen LogP contribution in [0.4, 0.5) is 0 Å². The lowest BCUT2D eigenvalue weighted by atomic mass is 10.1. The summed E-state index contributed by atoms with van der Waals surface area (Å²) < 4.78 is 13.4. The van der Waals surface area contributed by atoms with Gasteiger partial charge in [-0.3, -0.25) is 4.79 Å². The van der Waals surface area contributed by atoms with E-state index in [1.807, 2.05) is 35.9 Å². The number of halogens is 1. The van der Waals surface area contributed by atoms with Gasteiger partial charge in [0.05, 0.1) is 24.9 Å². The molecule has 4 rings (SSSR count). The quantitative estimate of drug-likeness (QED) is 0.478. The summed E-state index contributed by atoms with van der Waals surface area (Å²) in [7, 11) is 3.45. The van der Waals surface area contributed by atoms with E-state index in [1.54, 1.807) is 18.2 Å². The summed E-state index contributed by atoms with van der Waals surface area (Å²) in [5.74, 6) is 1.16. The fourth-order valence-electron chi connectivity index (χ4n) is 4.36. The molecule has 2 heterocycles. The molecule has 31 heavy (non-hydrogen) atoms. The number of ether oxygens (including phenoxy) is 2. The van der Waals surface area contributed by atoms with Gasteiger partial charge in [-0.1, -0.05) is 18.0 Å². The largest absolute Gasteiger partial charge is 0.494 e. The number of fused-ring (bicyclic) bond motifs is 1. The van der Waals surface area contributed by atoms with Crippen LogP contribution in [0.1, 0.15) is 25.7 Å². The monoisotopic (exact) mass is 440 g/mol. The third-order valence-corrected chi connectivity index (χ3v) is 6.23. The Hall–Kier alpha value is -2.50. The number of rotatable bonds is 7. The van der Waals surface area contributed by atoms with Crippen LogP contribution in [0.15, 0.2) is 47.3 Å². The maximum atomic E-state index is 13.0. The number of likely N-dealkylation sites (tertiary alicyclic amines) is 1. The zero-order chi connectivity index (χ0) is 21.8. The summed E-state index contributed by atoms with van der Waals surface area (Å²) >= 11 is 6.18. The van der Waals surface area contributed by atoms with Gasteiger partial charge in [0.1, 0.15) is 5.75 Å². The van der Waals surface area contributed by atoms with Crippen LogP contribution in [0.3, 0.4) is 0 Å². The number of hydrogen-bond donors (Lipinski definition) is 0. The third-order valence-electron chi connectivity index (χ3n) is 5.99. The number of piperidine rings is 1. The minimum Gasteiger partial charge on any atom is -0.494 e. The Morgan fingerprint density at radius 3 is 2.48 bits per heavy atom. The molecule has 0 saturated carbocycles. The number of methoxy groups -OCH3 is 1. The van der Waals surface area contributed by atoms with Crippen LogP contribution < -0.4 is 14.9 Å². The van der Waals surface area contributed by atoms with Crippen LogP contribution >= 0.6 is 11.6 Å². The minimum absolute atomic E-state index is 0.139. The first-order chi connectivity index (χ1) is 15.1. The van der Waals surface area contributed by atoms with Gasteiger partial charge in [-0.25, -0.2) is 0 Å². The molecule has 0 unspecified atom stereocenters. The second-order valence-corrected chi connectivity index (χ2v) is 8.50. The van der Waals surface area contributed by atoms with Gasteiger partial charge in [0.25, 0.3) is 0 Å². The van der Waals surface area contributed by atoms with Crippen molar-refractivity contribution >= 4 is 22.5 Å². The summed E-state index contributed by atoms with van der Waals surface area (Å²) in [5, 5.41) is 1.17. The first kappa shape index (κ1) is 21.7. The second-order valence-electron chi connectivity index (χ2n) is 8.06. The molecule has 0 bridgehead atoms. The predicted molar refractivity (Wildman–Crippen MR) is 127 cm³/mol. The summed E-state index contributed by atoms with van der Waals surface area (Å²) in [6.45, 7) is 4.22. The molecule has 1 aliphatic rings. The van der Waals surface area contributed by atoms with Crippen molar-refractivity contribution in [3.05, 3.63) is 57.7 Å². The lowest BCUT2D eigenvalue weighted by Gasteiger charge is -2.26. The van der Waals surface area contributed by atoms with E-state index < -0.39 is 0 Å². The Kier molecular flexibility index (Phi) is 6.83. The van der Waals surface area contributed by atoms with Crippen LogP contribution in [0.5, 0.6) is 11.5 Å². The van der Waals surface area contributed by atoms with Crippen molar-refractivity contribution in [1.82, 2.24) is 9.47 Å². The molecule has 0 spiro atoms. The number of pyridine rings is 1. The maximum absolute atomic E-state index is 13.0. The van der Waals surface area contributed by atoms with E-state index in [0.717, 1.165) is 35.5 Å². The fourth-order valence-corrected chi connectivity index (χ4v) is 4.53. The van der Waals surface area contributed by atoms with Gasteiger partial charge in [-0.05, 0) is 74.8 Å².